The Bertz CT molecular complexity index is 872. The summed E-state index contributed by atoms with van der Waals surface area (Å²) >= 11 is 0. The Morgan fingerprint density at radius 2 is 1.73 bits per heavy atom. The molecule has 1 heterocycles. The van der Waals surface area contributed by atoms with Crippen LogP contribution in [-0.2, 0) is 6.54 Å². The van der Waals surface area contributed by atoms with Crippen molar-refractivity contribution in [2.75, 3.05) is 24.7 Å². The number of phenolic OH excluding ortho intramolecular Hbond substituents is 2. The number of aliphatic hydroxyl groups is 1. The third-order valence-electron chi connectivity index (χ3n) is 5.96. The molecule has 6 heteroatoms. The molecule has 0 spiro atoms. The lowest BCUT2D eigenvalue weighted by atomic mass is 9.98. The molecule has 0 aromatic heterocycles. The van der Waals surface area contributed by atoms with Gasteiger partial charge in [-0.25, -0.2) is 0 Å². The molecule has 30 heavy (non-hydrogen) atoms. The summed E-state index contributed by atoms with van der Waals surface area (Å²) in [7, 11) is 0. The van der Waals surface area contributed by atoms with E-state index >= 15 is 0 Å². The number of aliphatic hydroxyl groups excluding tert-OH is 1. The number of likely N-dealkylation sites (tertiary alicyclic amines) is 1. The van der Waals surface area contributed by atoms with E-state index < -0.39 is 0 Å². The van der Waals surface area contributed by atoms with Gasteiger partial charge in [-0.2, -0.15) is 0 Å². The fourth-order valence-corrected chi connectivity index (χ4v) is 3.93. The lowest BCUT2D eigenvalue weighted by Gasteiger charge is -2.30. The molecular weight excluding hydrogens is 378 g/mol. The van der Waals surface area contributed by atoms with Crippen LogP contribution in [0.4, 0.5) is 5.69 Å². The van der Waals surface area contributed by atoms with Gasteiger partial charge >= 0.3 is 0 Å². The van der Waals surface area contributed by atoms with Crippen LogP contribution in [0.15, 0.2) is 36.4 Å². The lowest BCUT2D eigenvalue weighted by Crippen LogP contribution is -2.33. The number of nitrogens with zero attached hydrogens (tertiary/aromatic N) is 2. The summed E-state index contributed by atoms with van der Waals surface area (Å²) < 4.78 is 0. The maximum absolute atomic E-state index is 10.3. The minimum absolute atomic E-state index is 0.00561. The molecule has 0 unspecified atom stereocenters. The van der Waals surface area contributed by atoms with E-state index in [2.05, 4.69) is 11.8 Å². The summed E-state index contributed by atoms with van der Waals surface area (Å²) in [5.41, 5.74) is 2.80. The number of nitrogens with one attached hydrogen (secondary N) is 1. The van der Waals surface area contributed by atoms with Gasteiger partial charge in [0.05, 0.1) is 5.56 Å². The molecule has 0 saturated carbocycles. The van der Waals surface area contributed by atoms with Crippen molar-refractivity contribution in [3.05, 3.63) is 53.1 Å². The minimum Gasteiger partial charge on any atom is -0.508 e. The van der Waals surface area contributed by atoms with Crippen molar-refractivity contribution in [3.63, 3.8) is 0 Å². The number of hydrogen-bond acceptors (Lipinski definition) is 5. The zero-order valence-corrected chi connectivity index (χ0v) is 18.1. The van der Waals surface area contributed by atoms with E-state index in [-0.39, 0.29) is 35.5 Å². The maximum Gasteiger partial charge on any atom is 0.138 e. The topological polar surface area (TPSA) is 91.0 Å². The normalized spacial score (nSPS) is 15.5. The maximum atomic E-state index is 10.3. The van der Waals surface area contributed by atoms with Crippen molar-refractivity contribution >= 4 is 11.5 Å². The average Bonchev–Trinajstić information content (AvgIpc) is 2.71. The Morgan fingerprint density at radius 1 is 1.10 bits per heavy atom. The predicted octanol–water partition coefficient (Wildman–Crippen LogP) is 4.23. The molecule has 1 saturated heterocycles. The van der Waals surface area contributed by atoms with Crippen LogP contribution in [-0.4, -0.2) is 45.9 Å². The highest BCUT2D eigenvalue weighted by molar-refractivity contribution is 6.09. The Kier molecular flexibility index (Phi) is 7.00. The number of anilines is 1. The third-order valence-corrected chi connectivity index (χ3v) is 5.96. The molecule has 0 radical (unpaired) electrons. The highest BCUT2D eigenvalue weighted by Crippen LogP contribution is 2.33. The van der Waals surface area contributed by atoms with Gasteiger partial charge in [0, 0.05) is 18.3 Å². The lowest BCUT2D eigenvalue weighted by molar-refractivity contribution is 0.185. The molecule has 6 nitrogen and oxygen atoms in total. The highest BCUT2D eigenvalue weighted by atomic mass is 16.3. The summed E-state index contributed by atoms with van der Waals surface area (Å²) in [6.07, 6.45) is 2.48. The molecule has 3 rings (SSSR count). The third kappa shape index (κ3) is 4.94. The van der Waals surface area contributed by atoms with E-state index in [1.165, 1.54) is 29.4 Å². The van der Waals surface area contributed by atoms with Crippen LogP contribution in [0, 0.1) is 11.3 Å². The second-order valence-corrected chi connectivity index (χ2v) is 8.63. The highest BCUT2D eigenvalue weighted by Gasteiger charge is 2.20. The molecule has 0 bridgehead atoms. The summed E-state index contributed by atoms with van der Waals surface area (Å²) in [6, 6.07) is 10.7. The molecule has 0 amide bonds. The fourth-order valence-electron chi connectivity index (χ4n) is 3.93. The van der Waals surface area contributed by atoms with Crippen LogP contribution in [0.5, 0.6) is 11.5 Å². The van der Waals surface area contributed by atoms with E-state index in [4.69, 9.17) is 5.41 Å². The SMILES string of the molecule is CC1CCN(Cc2ccc(N(CO)C(=N)c3cc(C(C)C)c(O)cc3O)cc2)CC1. The van der Waals surface area contributed by atoms with Crippen LogP contribution in [0.1, 0.15) is 56.2 Å². The van der Waals surface area contributed by atoms with E-state index in [0.29, 0.717) is 11.3 Å². The number of rotatable bonds is 6. The molecule has 4 N–H and O–H groups in total. The number of piperidine rings is 1. The smallest absolute Gasteiger partial charge is 0.138 e. The Labute approximate surface area is 178 Å². The molecule has 0 aliphatic carbocycles. The van der Waals surface area contributed by atoms with Gasteiger partial charge in [0.25, 0.3) is 0 Å². The van der Waals surface area contributed by atoms with Crippen LogP contribution < -0.4 is 4.90 Å². The largest absolute Gasteiger partial charge is 0.508 e. The molecule has 162 valence electrons. The van der Waals surface area contributed by atoms with Crippen molar-refractivity contribution in [1.82, 2.24) is 4.90 Å². The van der Waals surface area contributed by atoms with Gasteiger partial charge in [-0.1, -0.05) is 32.9 Å². The first kappa shape index (κ1) is 22.1. The second-order valence-electron chi connectivity index (χ2n) is 8.63. The molecule has 0 atom stereocenters. The predicted molar refractivity (Wildman–Crippen MR) is 120 cm³/mol. The summed E-state index contributed by atoms with van der Waals surface area (Å²) in [5, 5.41) is 38.9. The Balaban J connectivity index is 1.77. The molecule has 1 aliphatic heterocycles. The monoisotopic (exact) mass is 411 g/mol. The van der Waals surface area contributed by atoms with Crippen molar-refractivity contribution < 1.29 is 15.3 Å². The van der Waals surface area contributed by atoms with Gasteiger partial charge in [0.2, 0.25) is 0 Å². The number of phenols is 2. The molecule has 1 aliphatic rings. The van der Waals surface area contributed by atoms with Crippen molar-refractivity contribution in [1.29, 1.82) is 5.41 Å². The van der Waals surface area contributed by atoms with Crippen LogP contribution in [0.3, 0.4) is 0 Å². The molecular formula is C24H33N3O3. The van der Waals surface area contributed by atoms with E-state index in [0.717, 1.165) is 25.6 Å². The first-order chi connectivity index (χ1) is 14.3. The van der Waals surface area contributed by atoms with Gasteiger partial charge in [-0.15, -0.1) is 0 Å². The summed E-state index contributed by atoms with van der Waals surface area (Å²) in [4.78, 5) is 3.89. The van der Waals surface area contributed by atoms with Gasteiger partial charge in [0.15, 0.2) is 0 Å². The summed E-state index contributed by atoms with van der Waals surface area (Å²) in [5.74, 6) is 0.647. The van der Waals surface area contributed by atoms with Gasteiger partial charge in [-0.3, -0.25) is 10.3 Å². The van der Waals surface area contributed by atoms with Crippen molar-refractivity contribution in [3.8, 4) is 11.5 Å². The Hall–Kier alpha value is -2.57. The standard InChI is InChI=1S/C24H33N3O3/c1-16(2)20-12-21(23(30)13-22(20)29)24(25)27(15-28)19-6-4-18(5-7-19)14-26-10-8-17(3)9-11-26/h4-7,12-13,16-17,25,28-30H,8-11,14-15H2,1-3H3. The van der Waals surface area contributed by atoms with E-state index in [1.807, 2.05) is 38.1 Å². The van der Waals surface area contributed by atoms with Crippen molar-refractivity contribution in [2.45, 2.75) is 46.1 Å². The zero-order chi connectivity index (χ0) is 21.8. The van der Waals surface area contributed by atoms with Crippen molar-refractivity contribution in [2.24, 2.45) is 5.92 Å². The fraction of sp³-hybridized carbons (Fsp3) is 0.458. The van der Waals surface area contributed by atoms with Gasteiger partial charge < -0.3 is 20.2 Å². The van der Waals surface area contributed by atoms with Gasteiger partial charge in [0.1, 0.15) is 24.1 Å². The summed E-state index contributed by atoms with van der Waals surface area (Å²) in [6.45, 7) is 8.93. The number of amidine groups is 1. The average molecular weight is 412 g/mol. The molecule has 1 fully saturated rings. The van der Waals surface area contributed by atoms with Crippen LogP contribution in [0.25, 0.3) is 0 Å². The molecule has 2 aromatic rings. The molecule has 2 aromatic carbocycles. The van der Waals surface area contributed by atoms with E-state index in [1.54, 1.807) is 6.07 Å². The second kappa shape index (κ2) is 9.49. The number of benzene rings is 2. The number of aromatic hydroxyl groups is 2. The van der Waals surface area contributed by atoms with Crippen LogP contribution >= 0.6 is 0 Å². The van der Waals surface area contributed by atoms with E-state index in [9.17, 15) is 15.3 Å². The first-order valence-corrected chi connectivity index (χ1v) is 10.6. The number of hydrogen-bond donors (Lipinski definition) is 4. The van der Waals surface area contributed by atoms with Crippen LogP contribution in [0.2, 0.25) is 0 Å². The Morgan fingerprint density at radius 3 is 2.30 bits per heavy atom. The first-order valence-electron chi connectivity index (χ1n) is 10.6. The quantitative estimate of drug-likeness (QED) is 0.324. The van der Waals surface area contributed by atoms with Gasteiger partial charge in [-0.05, 0) is 67.1 Å². The zero-order valence-electron chi connectivity index (χ0n) is 18.1. The minimum atomic E-state index is -0.389.